The Hall–Kier alpha value is -4.62. The van der Waals surface area contributed by atoms with E-state index in [0.717, 1.165) is 40.6 Å². The van der Waals surface area contributed by atoms with Gasteiger partial charge < -0.3 is 25.0 Å². The van der Waals surface area contributed by atoms with Crippen LogP contribution in [-0.2, 0) is 28.9 Å². The Bertz CT molecular complexity index is 1670. The Labute approximate surface area is 268 Å². The number of halogens is 5. The molecular weight excluding hydrogens is 623 g/mol. The van der Waals surface area contributed by atoms with Crippen molar-refractivity contribution in [2.45, 2.75) is 32.1 Å². The molecule has 4 aromatic rings. The minimum atomic E-state index is -3.67. The Morgan fingerprint density at radius 2 is 1.64 bits per heavy atom. The number of carbonyl (C=O) groups is 2. The lowest BCUT2D eigenvalue weighted by molar-refractivity contribution is -0.139. The fourth-order valence-electron chi connectivity index (χ4n) is 5.48. The molecule has 2 heterocycles. The van der Waals surface area contributed by atoms with E-state index in [1.807, 2.05) is 44.6 Å². The molecule has 1 atom stereocenters. The molecule has 47 heavy (non-hydrogen) atoms. The second-order valence-electron chi connectivity index (χ2n) is 11.3. The lowest BCUT2D eigenvalue weighted by Crippen LogP contribution is -2.43. The number of pyridine rings is 1. The van der Waals surface area contributed by atoms with Gasteiger partial charge in [0.15, 0.2) is 0 Å². The van der Waals surface area contributed by atoms with Gasteiger partial charge in [-0.05, 0) is 72.4 Å². The molecule has 1 aromatic heterocycles. The van der Waals surface area contributed by atoms with Crippen molar-refractivity contribution in [3.8, 4) is 0 Å². The summed E-state index contributed by atoms with van der Waals surface area (Å²) in [4.78, 5) is 33.2. The van der Waals surface area contributed by atoms with Gasteiger partial charge in [-0.1, -0.05) is 30.3 Å². The average Bonchev–Trinajstić information content (AvgIpc) is 3.00. The lowest BCUT2D eigenvalue weighted by atomic mass is 9.95. The van der Waals surface area contributed by atoms with Crippen LogP contribution in [-0.4, -0.2) is 80.0 Å². The summed E-state index contributed by atoms with van der Waals surface area (Å²) in [5.74, 6) is -4.53. The van der Waals surface area contributed by atoms with E-state index in [1.165, 1.54) is 5.56 Å². The standard InChI is InChI=1S/C33H34F2N4O4.CHF3/c1-38(2)20-23-14-24-6-7-36-19-27(24)25(15-23)13-21-4-3-5-22(12-21)16-30(33(41)42)37-32(40)31-28(34)17-26(18-29(31)35)39-8-10-43-11-9-39;2-1(3)4/h3-7,12,14-15,17-19,30H,8-11,13,16,20H2,1-2H3,(H,37,40)(H,41,42);1H. The van der Waals surface area contributed by atoms with E-state index in [2.05, 4.69) is 27.3 Å². The number of alkyl halides is 3. The second kappa shape index (κ2) is 16.3. The van der Waals surface area contributed by atoms with Crippen molar-refractivity contribution in [2.75, 3.05) is 45.3 Å². The predicted molar refractivity (Wildman–Crippen MR) is 167 cm³/mol. The smallest absolute Gasteiger partial charge is 0.379 e. The van der Waals surface area contributed by atoms with Crippen LogP contribution in [0.15, 0.2) is 67.0 Å². The average molecular weight is 659 g/mol. The monoisotopic (exact) mass is 658 g/mol. The molecule has 0 bridgehead atoms. The number of benzene rings is 3. The van der Waals surface area contributed by atoms with Crippen LogP contribution in [0.4, 0.5) is 27.6 Å². The molecule has 1 fully saturated rings. The van der Waals surface area contributed by atoms with Gasteiger partial charge in [0.25, 0.3) is 5.91 Å². The fraction of sp³-hybridized carbons (Fsp3) is 0.324. The third-order valence-corrected chi connectivity index (χ3v) is 7.46. The number of hydrogen-bond acceptors (Lipinski definition) is 6. The predicted octanol–water partition coefficient (Wildman–Crippen LogP) is 5.61. The van der Waals surface area contributed by atoms with Crippen LogP contribution in [0.3, 0.4) is 0 Å². The van der Waals surface area contributed by atoms with Crippen LogP contribution in [0, 0.1) is 11.6 Å². The molecule has 2 N–H and O–H groups in total. The number of fused-ring (bicyclic) bond motifs is 1. The van der Waals surface area contributed by atoms with E-state index in [1.54, 1.807) is 17.2 Å². The Balaban J connectivity index is 0.00000118. The van der Waals surface area contributed by atoms with Gasteiger partial charge in [-0.2, -0.15) is 13.2 Å². The summed E-state index contributed by atoms with van der Waals surface area (Å²) in [5, 5.41) is 14.3. The minimum Gasteiger partial charge on any atom is -0.480 e. The number of amides is 1. The summed E-state index contributed by atoms with van der Waals surface area (Å²) in [6, 6.07) is 14.5. The molecule has 250 valence electrons. The van der Waals surface area contributed by atoms with Gasteiger partial charge >= 0.3 is 12.6 Å². The van der Waals surface area contributed by atoms with Gasteiger partial charge in [-0.3, -0.25) is 9.78 Å². The SMILES string of the molecule is CN(C)Cc1cc(Cc2cccc(CC(NC(=O)c3c(F)cc(N4CCOCC4)cc3F)C(=O)O)c2)c2cnccc2c1.FC(F)F. The number of rotatable bonds is 10. The van der Waals surface area contributed by atoms with E-state index < -0.39 is 41.8 Å². The van der Waals surface area contributed by atoms with Crippen LogP contribution in [0.5, 0.6) is 0 Å². The van der Waals surface area contributed by atoms with Crippen LogP contribution in [0.2, 0.25) is 0 Å². The molecule has 8 nitrogen and oxygen atoms in total. The van der Waals surface area contributed by atoms with Crippen LogP contribution >= 0.6 is 0 Å². The highest BCUT2D eigenvalue weighted by Gasteiger charge is 2.26. The van der Waals surface area contributed by atoms with Gasteiger partial charge in [0.1, 0.15) is 23.2 Å². The summed E-state index contributed by atoms with van der Waals surface area (Å²) in [6.07, 6.45) is 4.14. The number of carboxylic acids is 1. The topological polar surface area (TPSA) is 95.0 Å². The first-order chi connectivity index (χ1) is 22.4. The molecule has 1 saturated heterocycles. The molecule has 1 amide bonds. The van der Waals surface area contributed by atoms with Crippen LogP contribution < -0.4 is 10.2 Å². The minimum absolute atomic E-state index is 0.0625. The molecule has 3 aromatic carbocycles. The highest BCUT2D eigenvalue weighted by molar-refractivity contribution is 5.97. The molecule has 1 aliphatic rings. The number of ether oxygens (including phenoxy) is 1. The summed E-state index contributed by atoms with van der Waals surface area (Å²) < 4.78 is 64.2. The first-order valence-corrected chi connectivity index (χ1v) is 14.8. The maximum atomic E-state index is 15.0. The number of aromatic nitrogens is 1. The number of carbonyl (C=O) groups excluding carboxylic acids is 1. The van der Waals surface area contributed by atoms with Gasteiger partial charge in [0.2, 0.25) is 0 Å². The molecule has 1 aliphatic heterocycles. The number of carboxylic acid groups (broad SMARTS) is 1. The molecule has 0 aliphatic carbocycles. The normalized spacial score (nSPS) is 13.8. The van der Waals surface area contributed by atoms with Crippen LogP contribution in [0.1, 0.15) is 32.6 Å². The first kappa shape index (κ1) is 35.2. The summed E-state index contributed by atoms with van der Waals surface area (Å²) >= 11 is 0. The molecule has 5 rings (SSSR count). The van der Waals surface area contributed by atoms with Crippen molar-refractivity contribution >= 4 is 28.3 Å². The van der Waals surface area contributed by atoms with E-state index in [4.69, 9.17) is 4.74 Å². The van der Waals surface area contributed by atoms with Gasteiger partial charge in [0.05, 0.1) is 13.2 Å². The largest absolute Gasteiger partial charge is 0.480 e. The summed E-state index contributed by atoms with van der Waals surface area (Å²) in [6.45, 7) is -1.08. The molecule has 1 unspecified atom stereocenters. The van der Waals surface area contributed by atoms with E-state index in [0.29, 0.717) is 44.0 Å². The molecule has 0 saturated carbocycles. The zero-order valence-electron chi connectivity index (χ0n) is 25.9. The number of aliphatic carboxylic acids is 1. The number of anilines is 1. The van der Waals surface area contributed by atoms with Crippen molar-refractivity contribution in [1.29, 1.82) is 0 Å². The summed E-state index contributed by atoms with van der Waals surface area (Å²) in [5.41, 5.74) is 3.37. The second-order valence-corrected chi connectivity index (χ2v) is 11.3. The van der Waals surface area contributed by atoms with Crippen molar-refractivity contribution in [2.24, 2.45) is 0 Å². The zero-order chi connectivity index (χ0) is 34.1. The third-order valence-electron chi connectivity index (χ3n) is 7.46. The van der Waals surface area contributed by atoms with Gasteiger partial charge in [0, 0.05) is 49.5 Å². The van der Waals surface area contributed by atoms with Crippen molar-refractivity contribution in [3.63, 3.8) is 0 Å². The maximum absolute atomic E-state index is 15.0. The van der Waals surface area contributed by atoms with Crippen molar-refractivity contribution in [3.05, 3.63) is 106 Å². The van der Waals surface area contributed by atoms with Crippen molar-refractivity contribution < 1.29 is 41.4 Å². The van der Waals surface area contributed by atoms with Gasteiger partial charge in [-0.25, -0.2) is 13.6 Å². The lowest BCUT2D eigenvalue weighted by Gasteiger charge is -2.29. The van der Waals surface area contributed by atoms with Crippen molar-refractivity contribution in [1.82, 2.24) is 15.2 Å². The molecular formula is C34H35F5N4O4. The molecule has 0 radical (unpaired) electrons. The highest BCUT2D eigenvalue weighted by atomic mass is 19.4. The van der Waals surface area contributed by atoms with E-state index in [-0.39, 0.29) is 6.42 Å². The number of nitrogens with zero attached hydrogens (tertiary/aromatic N) is 3. The number of morpholine rings is 1. The third kappa shape index (κ3) is 9.93. The molecule has 0 spiro atoms. The van der Waals surface area contributed by atoms with Gasteiger partial charge in [-0.15, -0.1) is 0 Å². The van der Waals surface area contributed by atoms with E-state index >= 15 is 0 Å². The number of hydrogen-bond donors (Lipinski definition) is 2. The summed E-state index contributed by atoms with van der Waals surface area (Å²) in [7, 11) is 4.03. The maximum Gasteiger partial charge on any atom is 0.379 e. The Morgan fingerprint density at radius 3 is 2.28 bits per heavy atom. The Morgan fingerprint density at radius 1 is 0.979 bits per heavy atom. The first-order valence-electron chi connectivity index (χ1n) is 14.8. The fourth-order valence-corrected chi connectivity index (χ4v) is 5.48. The molecule has 13 heteroatoms. The number of nitrogens with one attached hydrogen (secondary N) is 1. The zero-order valence-corrected chi connectivity index (χ0v) is 25.9. The quantitative estimate of drug-likeness (QED) is 0.214. The van der Waals surface area contributed by atoms with E-state index in [9.17, 15) is 36.6 Å². The highest BCUT2D eigenvalue weighted by Crippen LogP contribution is 2.25. The Kier molecular flexibility index (Phi) is 12.2. The van der Waals surface area contributed by atoms with Crippen LogP contribution in [0.25, 0.3) is 10.8 Å².